The van der Waals surface area contributed by atoms with Crippen molar-refractivity contribution in [3.05, 3.63) is 53.1 Å². The van der Waals surface area contributed by atoms with Crippen molar-refractivity contribution in [1.29, 1.82) is 0 Å². The molecule has 2 fully saturated rings. The lowest BCUT2D eigenvalue weighted by Gasteiger charge is -2.29. The molecule has 0 radical (unpaired) electrons. The first kappa shape index (κ1) is 22.1. The Balaban J connectivity index is 1.18. The molecule has 1 atom stereocenters. The number of fused-ring (bicyclic) bond motifs is 1. The first-order chi connectivity index (χ1) is 17.4. The number of anilines is 1. The molecule has 12 heteroatoms. The Hall–Kier alpha value is -4.35. The number of nitrogens with zero attached hydrogens (tertiary/aromatic N) is 6. The maximum atomic E-state index is 13.1. The molecule has 1 saturated carbocycles. The highest BCUT2D eigenvalue weighted by atomic mass is 16.2. The highest BCUT2D eigenvalue weighted by molar-refractivity contribution is 6.05. The van der Waals surface area contributed by atoms with Crippen LogP contribution in [0.4, 0.5) is 5.69 Å². The van der Waals surface area contributed by atoms with Crippen molar-refractivity contribution in [3.8, 4) is 5.69 Å². The highest BCUT2D eigenvalue weighted by Gasteiger charge is 2.39. The second kappa shape index (κ2) is 8.40. The van der Waals surface area contributed by atoms with Gasteiger partial charge in [-0.25, -0.2) is 4.68 Å². The Kier molecular flexibility index (Phi) is 5.16. The minimum Gasteiger partial charge on any atom is -0.322 e. The highest BCUT2D eigenvalue weighted by Crippen LogP contribution is 2.32. The van der Waals surface area contributed by atoms with Gasteiger partial charge in [0.2, 0.25) is 11.8 Å². The van der Waals surface area contributed by atoms with E-state index < -0.39 is 17.9 Å². The van der Waals surface area contributed by atoms with Crippen LogP contribution in [-0.4, -0.2) is 59.3 Å². The second-order valence-electron chi connectivity index (χ2n) is 9.44. The molecule has 4 amide bonds. The molecule has 1 aliphatic carbocycles. The van der Waals surface area contributed by atoms with Gasteiger partial charge >= 0.3 is 0 Å². The number of nitrogens with one attached hydrogen (secondary N) is 2. The quantitative estimate of drug-likeness (QED) is 0.518. The van der Waals surface area contributed by atoms with Crippen LogP contribution in [0.1, 0.15) is 70.2 Å². The van der Waals surface area contributed by atoms with Crippen LogP contribution < -0.4 is 10.6 Å². The van der Waals surface area contributed by atoms with Gasteiger partial charge in [0.25, 0.3) is 11.8 Å². The van der Waals surface area contributed by atoms with Crippen molar-refractivity contribution >= 4 is 29.3 Å². The van der Waals surface area contributed by atoms with Crippen LogP contribution in [0, 0.1) is 6.92 Å². The maximum Gasteiger partial charge on any atom is 0.277 e. The summed E-state index contributed by atoms with van der Waals surface area (Å²) in [5.41, 5.74) is 3.30. The third kappa shape index (κ3) is 3.74. The molecule has 1 unspecified atom stereocenters. The predicted octanol–water partition coefficient (Wildman–Crippen LogP) is 1.51. The normalized spacial score (nSPS) is 19.8. The van der Waals surface area contributed by atoms with E-state index in [-0.39, 0.29) is 23.9 Å². The molecule has 6 rings (SSSR count). The van der Waals surface area contributed by atoms with Crippen LogP contribution in [0.3, 0.4) is 0 Å². The van der Waals surface area contributed by atoms with Gasteiger partial charge in [0, 0.05) is 24.7 Å². The Labute approximate surface area is 205 Å². The zero-order valence-corrected chi connectivity index (χ0v) is 19.6. The van der Waals surface area contributed by atoms with Gasteiger partial charge in [-0.3, -0.25) is 29.2 Å². The summed E-state index contributed by atoms with van der Waals surface area (Å²) >= 11 is 0. The number of benzene rings is 1. The maximum absolute atomic E-state index is 13.1. The van der Waals surface area contributed by atoms with Crippen LogP contribution in [-0.2, 0) is 16.1 Å². The van der Waals surface area contributed by atoms with Gasteiger partial charge in [0.05, 0.1) is 29.3 Å². The summed E-state index contributed by atoms with van der Waals surface area (Å²) in [4.78, 5) is 51.1. The van der Waals surface area contributed by atoms with E-state index in [1.807, 2.05) is 17.8 Å². The number of imide groups is 1. The lowest BCUT2D eigenvalue weighted by molar-refractivity contribution is -0.136. The van der Waals surface area contributed by atoms with Gasteiger partial charge in [-0.2, -0.15) is 5.10 Å². The molecule has 3 aromatic rings. The zero-order chi connectivity index (χ0) is 25.0. The lowest BCUT2D eigenvalue weighted by Crippen LogP contribution is -2.52. The average Bonchev–Trinajstić information content (AvgIpc) is 3.51. The van der Waals surface area contributed by atoms with E-state index >= 15 is 0 Å². The van der Waals surface area contributed by atoms with Crippen LogP contribution in [0.2, 0.25) is 0 Å². The van der Waals surface area contributed by atoms with Crippen LogP contribution in [0.5, 0.6) is 0 Å². The van der Waals surface area contributed by atoms with Gasteiger partial charge < -0.3 is 10.2 Å². The van der Waals surface area contributed by atoms with E-state index in [1.54, 1.807) is 18.2 Å². The van der Waals surface area contributed by atoms with Crippen LogP contribution in [0.15, 0.2) is 30.6 Å². The third-order valence-corrected chi connectivity index (χ3v) is 7.12. The molecular formula is C24H24N8O4. The Bertz CT molecular complexity index is 1420. The van der Waals surface area contributed by atoms with Gasteiger partial charge in [-0.05, 0) is 50.3 Å². The Morgan fingerprint density at radius 1 is 1.14 bits per heavy atom. The molecule has 2 N–H and O–H groups in total. The van der Waals surface area contributed by atoms with Gasteiger partial charge in [-0.15, -0.1) is 5.10 Å². The number of carbonyl (C=O) groups excluding carboxylic acids is 4. The molecule has 2 aliphatic heterocycles. The van der Waals surface area contributed by atoms with E-state index in [1.165, 1.54) is 22.2 Å². The number of hydrogen-bond acceptors (Lipinski definition) is 7. The van der Waals surface area contributed by atoms with Gasteiger partial charge in [-0.1, -0.05) is 11.3 Å². The fraction of sp³-hybridized carbons (Fsp3) is 0.375. The molecular weight excluding hydrogens is 464 g/mol. The first-order valence-electron chi connectivity index (χ1n) is 11.9. The van der Waals surface area contributed by atoms with Crippen molar-refractivity contribution in [2.24, 2.45) is 0 Å². The standard InChI is InChI=1S/C24H24N8O4/c1-13-18(11-31(28-13)15-3-2-4-15)25-22(34)19-12-32(29-27-19)16-6-5-14-10-30(24(36)17(14)9-16)20-7-8-21(33)26-23(20)35/h5-6,9,11-12,15,20H,2-4,7-8,10H2,1H3,(H,25,34)(H,26,33,35). The first-order valence-corrected chi connectivity index (χ1v) is 11.9. The fourth-order valence-corrected chi connectivity index (χ4v) is 4.81. The molecule has 0 spiro atoms. The summed E-state index contributed by atoms with van der Waals surface area (Å²) in [5, 5.41) is 17.7. The summed E-state index contributed by atoms with van der Waals surface area (Å²) in [6, 6.07) is 4.97. The number of carbonyl (C=O) groups is 4. The Morgan fingerprint density at radius 3 is 2.72 bits per heavy atom. The molecule has 12 nitrogen and oxygen atoms in total. The lowest BCUT2D eigenvalue weighted by atomic mass is 9.93. The van der Waals surface area contributed by atoms with Gasteiger partial charge in [0.15, 0.2) is 5.69 Å². The molecule has 4 heterocycles. The van der Waals surface area contributed by atoms with Crippen molar-refractivity contribution in [2.45, 2.75) is 57.7 Å². The summed E-state index contributed by atoms with van der Waals surface area (Å²) in [5.74, 6) is -1.46. The summed E-state index contributed by atoms with van der Waals surface area (Å²) in [7, 11) is 0. The number of rotatable bonds is 5. The van der Waals surface area contributed by atoms with Crippen molar-refractivity contribution in [2.75, 3.05) is 5.32 Å². The molecule has 2 aromatic heterocycles. The van der Waals surface area contributed by atoms with Crippen LogP contribution >= 0.6 is 0 Å². The third-order valence-electron chi connectivity index (χ3n) is 7.12. The summed E-state index contributed by atoms with van der Waals surface area (Å²) in [6.07, 6.45) is 7.23. The number of aromatic nitrogens is 5. The van der Waals surface area contributed by atoms with Crippen molar-refractivity contribution in [1.82, 2.24) is 35.0 Å². The average molecular weight is 489 g/mol. The number of amides is 4. The predicted molar refractivity (Wildman–Crippen MR) is 125 cm³/mol. The molecule has 36 heavy (non-hydrogen) atoms. The summed E-state index contributed by atoms with van der Waals surface area (Å²) in [6.45, 7) is 2.14. The number of aryl methyl sites for hydroxylation is 1. The topological polar surface area (TPSA) is 144 Å². The second-order valence-corrected chi connectivity index (χ2v) is 9.44. The van der Waals surface area contributed by atoms with E-state index in [9.17, 15) is 19.2 Å². The van der Waals surface area contributed by atoms with Crippen LogP contribution in [0.25, 0.3) is 5.69 Å². The zero-order valence-electron chi connectivity index (χ0n) is 19.6. The minimum atomic E-state index is -0.676. The monoisotopic (exact) mass is 488 g/mol. The van der Waals surface area contributed by atoms with E-state index in [2.05, 4.69) is 26.0 Å². The fourth-order valence-electron chi connectivity index (χ4n) is 4.81. The minimum absolute atomic E-state index is 0.128. The van der Waals surface area contributed by atoms with Gasteiger partial charge in [0.1, 0.15) is 6.04 Å². The molecule has 1 aromatic carbocycles. The SMILES string of the molecule is Cc1nn(C2CCC2)cc1NC(=O)c1cn(-c2ccc3c(c2)C(=O)N(C2CCC(=O)NC2=O)C3)nn1. The van der Waals surface area contributed by atoms with E-state index in [0.717, 1.165) is 24.1 Å². The van der Waals surface area contributed by atoms with E-state index in [4.69, 9.17) is 0 Å². The van der Waals surface area contributed by atoms with Crippen molar-refractivity contribution in [3.63, 3.8) is 0 Å². The summed E-state index contributed by atoms with van der Waals surface area (Å²) < 4.78 is 3.34. The molecule has 1 saturated heterocycles. The molecule has 3 aliphatic rings. The smallest absolute Gasteiger partial charge is 0.277 e. The largest absolute Gasteiger partial charge is 0.322 e. The van der Waals surface area contributed by atoms with E-state index in [0.29, 0.717) is 35.9 Å². The number of hydrogen-bond donors (Lipinski definition) is 2. The Morgan fingerprint density at radius 2 is 1.97 bits per heavy atom. The van der Waals surface area contributed by atoms with Crippen molar-refractivity contribution < 1.29 is 19.2 Å². The molecule has 0 bridgehead atoms. The number of piperidine rings is 1. The molecule has 184 valence electrons.